The lowest BCUT2D eigenvalue weighted by atomic mass is 10.2. The second-order valence-electron chi connectivity index (χ2n) is 3.50. The SMILES string of the molecule is Oc1ccc(CNc2ncc(Br)cc2F)cc1. The Kier molecular flexibility index (Phi) is 3.58. The van der Waals surface area contributed by atoms with Gasteiger partial charge in [-0.25, -0.2) is 9.37 Å². The van der Waals surface area contributed by atoms with Crippen molar-refractivity contribution in [1.82, 2.24) is 4.98 Å². The Labute approximate surface area is 106 Å². The van der Waals surface area contributed by atoms with Crippen LogP contribution in [0.3, 0.4) is 0 Å². The highest BCUT2D eigenvalue weighted by molar-refractivity contribution is 9.10. The Hall–Kier alpha value is -1.62. The van der Waals surface area contributed by atoms with Crippen molar-refractivity contribution in [2.75, 3.05) is 5.32 Å². The zero-order valence-electron chi connectivity index (χ0n) is 8.82. The van der Waals surface area contributed by atoms with Crippen LogP contribution in [0.25, 0.3) is 0 Å². The van der Waals surface area contributed by atoms with Crippen LogP contribution in [-0.2, 0) is 6.54 Å². The molecular formula is C12H10BrFN2O. The number of nitrogens with one attached hydrogen (secondary N) is 1. The Morgan fingerprint density at radius 1 is 1.29 bits per heavy atom. The van der Waals surface area contributed by atoms with E-state index in [0.717, 1.165) is 5.56 Å². The van der Waals surface area contributed by atoms with E-state index in [-0.39, 0.29) is 11.6 Å². The molecule has 0 unspecified atom stereocenters. The molecule has 0 atom stereocenters. The van der Waals surface area contributed by atoms with Crippen LogP contribution in [0.5, 0.6) is 5.75 Å². The van der Waals surface area contributed by atoms with Gasteiger partial charge in [0.25, 0.3) is 0 Å². The molecule has 0 aliphatic carbocycles. The summed E-state index contributed by atoms with van der Waals surface area (Å²) in [6.45, 7) is 0.450. The number of anilines is 1. The number of aromatic nitrogens is 1. The summed E-state index contributed by atoms with van der Waals surface area (Å²) in [6, 6.07) is 8.05. The van der Waals surface area contributed by atoms with Crippen molar-refractivity contribution in [3.63, 3.8) is 0 Å². The van der Waals surface area contributed by atoms with Crippen molar-refractivity contribution in [2.24, 2.45) is 0 Å². The number of aromatic hydroxyl groups is 1. The number of nitrogens with zero attached hydrogens (tertiary/aromatic N) is 1. The smallest absolute Gasteiger partial charge is 0.166 e. The largest absolute Gasteiger partial charge is 0.508 e. The van der Waals surface area contributed by atoms with Crippen LogP contribution >= 0.6 is 15.9 Å². The average molecular weight is 297 g/mol. The van der Waals surface area contributed by atoms with Gasteiger partial charge in [0.15, 0.2) is 11.6 Å². The van der Waals surface area contributed by atoms with Gasteiger partial charge in [-0.2, -0.15) is 0 Å². The lowest BCUT2D eigenvalue weighted by molar-refractivity contribution is 0.475. The summed E-state index contributed by atoms with van der Waals surface area (Å²) in [7, 11) is 0. The highest BCUT2D eigenvalue weighted by Gasteiger charge is 2.03. The molecule has 2 rings (SSSR count). The molecule has 0 bridgehead atoms. The van der Waals surface area contributed by atoms with Crippen LogP contribution in [0.2, 0.25) is 0 Å². The van der Waals surface area contributed by atoms with E-state index in [1.807, 2.05) is 0 Å². The second-order valence-corrected chi connectivity index (χ2v) is 4.42. The molecule has 0 aliphatic rings. The summed E-state index contributed by atoms with van der Waals surface area (Å²) in [5.74, 6) is 0.0149. The summed E-state index contributed by atoms with van der Waals surface area (Å²) in [5.41, 5.74) is 0.937. The minimum Gasteiger partial charge on any atom is -0.508 e. The Morgan fingerprint density at radius 2 is 2.00 bits per heavy atom. The van der Waals surface area contributed by atoms with Crippen LogP contribution in [0.15, 0.2) is 41.0 Å². The number of pyridine rings is 1. The van der Waals surface area contributed by atoms with Gasteiger partial charge in [-0.05, 0) is 39.7 Å². The first kappa shape index (κ1) is 11.9. The fraction of sp³-hybridized carbons (Fsp3) is 0.0833. The summed E-state index contributed by atoms with van der Waals surface area (Å²) in [6.07, 6.45) is 1.53. The molecule has 2 aromatic rings. The normalized spacial score (nSPS) is 10.2. The van der Waals surface area contributed by atoms with Crippen LogP contribution in [0, 0.1) is 5.82 Å². The third-order valence-corrected chi connectivity index (χ3v) is 2.64. The van der Waals surface area contributed by atoms with Gasteiger partial charge >= 0.3 is 0 Å². The van der Waals surface area contributed by atoms with Crippen molar-refractivity contribution in [2.45, 2.75) is 6.54 Å². The van der Waals surface area contributed by atoms with Crippen LogP contribution in [0.1, 0.15) is 5.56 Å². The molecule has 0 aliphatic heterocycles. The Morgan fingerprint density at radius 3 is 2.65 bits per heavy atom. The topological polar surface area (TPSA) is 45.1 Å². The molecule has 0 radical (unpaired) electrons. The number of rotatable bonds is 3. The predicted octanol–water partition coefficient (Wildman–Crippen LogP) is 3.30. The van der Waals surface area contributed by atoms with E-state index in [9.17, 15) is 4.39 Å². The van der Waals surface area contributed by atoms with Crippen molar-refractivity contribution < 1.29 is 9.50 Å². The average Bonchev–Trinajstić information content (AvgIpc) is 2.30. The summed E-state index contributed by atoms with van der Waals surface area (Å²) >= 11 is 3.14. The minimum absolute atomic E-state index is 0.210. The maximum absolute atomic E-state index is 13.4. The van der Waals surface area contributed by atoms with Crippen LogP contribution < -0.4 is 5.32 Å². The van der Waals surface area contributed by atoms with Gasteiger partial charge in [0.2, 0.25) is 0 Å². The first-order valence-electron chi connectivity index (χ1n) is 4.98. The molecule has 5 heteroatoms. The molecule has 1 aromatic carbocycles. The van der Waals surface area contributed by atoms with E-state index >= 15 is 0 Å². The van der Waals surface area contributed by atoms with E-state index in [0.29, 0.717) is 11.0 Å². The summed E-state index contributed by atoms with van der Waals surface area (Å²) < 4.78 is 14.0. The molecule has 0 saturated heterocycles. The molecule has 1 aromatic heterocycles. The van der Waals surface area contributed by atoms with Crippen molar-refractivity contribution in [1.29, 1.82) is 0 Å². The van der Waals surface area contributed by atoms with Crippen LogP contribution in [0.4, 0.5) is 10.2 Å². The third-order valence-electron chi connectivity index (χ3n) is 2.20. The molecule has 3 nitrogen and oxygen atoms in total. The van der Waals surface area contributed by atoms with Gasteiger partial charge in [0.1, 0.15) is 5.75 Å². The molecule has 0 saturated carbocycles. The van der Waals surface area contributed by atoms with Crippen molar-refractivity contribution in [3.05, 3.63) is 52.4 Å². The number of phenols is 1. The zero-order chi connectivity index (χ0) is 12.3. The van der Waals surface area contributed by atoms with Crippen molar-refractivity contribution >= 4 is 21.7 Å². The maximum atomic E-state index is 13.4. The zero-order valence-corrected chi connectivity index (χ0v) is 10.4. The number of hydrogen-bond donors (Lipinski definition) is 2. The highest BCUT2D eigenvalue weighted by atomic mass is 79.9. The molecule has 2 N–H and O–H groups in total. The number of hydrogen-bond acceptors (Lipinski definition) is 3. The van der Waals surface area contributed by atoms with E-state index in [1.54, 1.807) is 24.3 Å². The van der Waals surface area contributed by atoms with E-state index < -0.39 is 5.82 Å². The number of phenolic OH excluding ortho intramolecular Hbond substituents is 1. The molecule has 0 amide bonds. The number of benzene rings is 1. The fourth-order valence-electron chi connectivity index (χ4n) is 1.34. The third kappa shape index (κ3) is 3.17. The van der Waals surface area contributed by atoms with E-state index in [2.05, 4.69) is 26.2 Å². The second kappa shape index (κ2) is 5.14. The monoisotopic (exact) mass is 296 g/mol. The summed E-state index contributed by atoms with van der Waals surface area (Å²) in [5, 5.41) is 12.0. The maximum Gasteiger partial charge on any atom is 0.166 e. The van der Waals surface area contributed by atoms with Gasteiger partial charge in [-0.1, -0.05) is 12.1 Å². The molecule has 1 heterocycles. The highest BCUT2D eigenvalue weighted by Crippen LogP contribution is 2.17. The molecular weight excluding hydrogens is 287 g/mol. The Bertz CT molecular complexity index is 516. The van der Waals surface area contributed by atoms with Crippen LogP contribution in [-0.4, -0.2) is 10.1 Å². The van der Waals surface area contributed by atoms with E-state index in [4.69, 9.17) is 5.11 Å². The first-order chi connectivity index (χ1) is 8.15. The molecule has 0 fully saturated rings. The van der Waals surface area contributed by atoms with Gasteiger partial charge in [0.05, 0.1) is 0 Å². The fourth-order valence-corrected chi connectivity index (χ4v) is 1.65. The standard InChI is InChI=1S/C12H10BrFN2O/c13-9-5-11(14)12(16-7-9)15-6-8-1-3-10(17)4-2-8/h1-5,7,17H,6H2,(H,15,16). The lowest BCUT2D eigenvalue weighted by Crippen LogP contribution is -2.03. The quantitative estimate of drug-likeness (QED) is 0.913. The molecule has 88 valence electrons. The minimum atomic E-state index is -0.404. The van der Waals surface area contributed by atoms with Crippen molar-refractivity contribution in [3.8, 4) is 5.75 Å². The summed E-state index contributed by atoms with van der Waals surface area (Å²) in [4.78, 5) is 3.93. The molecule has 17 heavy (non-hydrogen) atoms. The predicted molar refractivity (Wildman–Crippen MR) is 67.3 cm³/mol. The first-order valence-corrected chi connectivity index (χ1v) is 5.77. The number of halogens is 2. The van der Waals surface area contributed by atoms with Gasteiger partial charge in [-0.15, -0.1) is 0 Å². The molecule has 0 spiro atoms. The Balaban J connectivity index is 2.04. The van der Waals surface area contributed by atoms with Gasteiger partial charge < -0.3 is 10.4 Å². The van der Waals surface area contributed by atoms with E-state index in [1.165, 1.54) is 12.3 Å². The lowest BCUT2D eigenvalue weighted by Gasteiger charge is -2.06. The van der Waals surface area contributed by atoms with Gasteiger partial charge in [0, 0.05) is 17.2 Å². The van der Waals surface area contributed by atoms with Gasteiger partial charge in [-0.3, -0.25) is 0 Å².